The van der Waals surface area contributed by atoms with Gasteiger partial charge in [0.05, 0.1) is 26.0 Å². The van der Waals surface area contributed by atoms with Crippen LogP contribution in [0.4, 0.5) is 0 Å². The van der Waals surface area contributed by atoms with Crippen molar-refractivity contribution in [2.24, 2.45) is 7.05 Å². The Balaban J connectivity index is 1.51. The summed E-state index contributed by atoms with van der Waals surface area (Å²) in [6.45, 7) is 2.74. The lowest BCUT2D eigenvalue weighted by atomic mass is 9.91. The highest BCUT2D eigenvalue weighted by atomic mass is 32.1. The van der Waals surface area contributed by atoms with E-state index in [0.717, 1.165) is 41.8 Å². The highest BCUT2D eigenvalue weighted by Crippen LogP contribution is 2.41. The zero-order valence-electron chi connectivity index (χ0n) is 17.7. The van der Waals surface area contributed by atoms with Gasteiger partial charge in [0.1, 0.15) is 0 Å². The molecule has 30 heavy (non-hydrogen) atoms. The van der Waals surface area contributed by atoms with Gasteiger partial charge in [0, 0.05) is 29.6 Å². The van der Waals surface area contributed by atoms with Crippen molar-refractivity contribution in [3.63, 3.8) is 0 Å². The average Bonchev–Trinajstić information content (AvgIpc) is 3.36. The fraction of sp³-hybridized carbons (Fsp3) is 0.391. The average molecular weight is 424 g/mol. The van der Waals surface area contributed by atoms with Crippen LogP contribution in [0.2, 0.25) is 0 Å². The minimum absolute atomic E-state index is 0.0125. The standard InChI is InChI=1S/C23H25N3O3S/c1-13-17-12-19(29-4)18(28-3)11-14(17)7-9-26(13)23(27)21-16-5-6-20-15(8-10-30-20)22(16)25(2)24-21/h8,10-13H,5-7,9H2,1-4H3. The number of aryl methyl sites for hydroxylation is 2. The zero-order chi connectivity index (χ0) is 21.0. The van der Waals surface area contributed by atoms with E-state index in [4.69, 9.17) is 9.47 Å². The summed E-state index contributed by atoms with van der Waals surface area (Å²) < 4.78 is 12.8. The van der Waals surface area contributed by atoms with Crippen LogP contribution in [0.3, 0.4) is 0 Å². The molecule has 0 radical (unpaired) electrons. The number of carbonyl (C=O) groups is 1. The van der Waals surface area contributed by atoms with Gasteiger partial charge >= 0.3 is 0 Å². The van der Waals surface area contributed by atoms with Crippen LogP contribution in [0.5, 0.6) is 11.5 Å². The van der Waals surface area contributed by atoms with E-state index >= 15 is 0 Å². The second-order valence-corrected chi connectivity index (χ2v) is 8.89. The van der Waals surface area contributed by atoms with Gasteiger partial charge in [0.15, 0.2) is 17.2 Å². The Morgan fingerprint density at radius 3 is 2.70 bits per heavy atom. The molecule has 0 spiro atoms. The summed E-state index contributed by atoms with van der Waals surface area (Å²) in [6, 6.07) is 6.13. The third kappa shape index (κ3) is 2.75. The number of hydrogen-bond donors (Lipinski definition) is 0. The molecule has 0 saturated heterocycles. The Bertz CT molecular complexity index is 1150. The van der Waals surface area contributed by atoms with Crippen LogP contribution in [-0.4, -0.2) is 41.4 Å². The molecule has 0 N–H and O–H groups in total. The van der Waals surface area contributed by atoms with Gasteiger partial charge in [-0.2, -0.15) is 5.10 Å². The van der Waals surface area contributed by atoms with Gasteiger partial charge in [-0.1, -0.05) is 0 Å². The summed E-state index contributed by atoms with van der Waals surface area (Å²) in [5, 5.41) is 6.81. The maximum Gasteiger partial charge on any atom is 0.275 e. The number of thiophene rings is 1. The molecule has 5 rings (SSSR count). The lowest BCUT2D eigenvalue weighted by Gasteiger charge is -2.35. The maximum absolute atomic E-state index is 13.6. The van der Waals surface area contributed by atoms with Crippen LogP contribution in [0, 0.1) is 0 Å². The summed E-state index contributed by atoms with van der Waals surface area (Å²) in [5.74, 6) is 1.43. The normalized spacial score (nSPS) is 17.2. The number of rotatable bonds is 3. The Morgan fingerprint density at radius 2 is 1.93 bits per heavy atom. The Labute approximate surface area is 180 Å². The summed E-state index contributed by atoms with van der Waals surface area (Å²) in [6.07, 6.45) is 2.62. The highest BCUT2D eigenvalue weighted by Gasteiger charge is 2.34. The van der Waals surface area contributed by atoms with Crippen molar-refractivity contribution in [2.75, 3.05) is 20.8 Å². The quantitative estimate of drug-likeness (QED) is 0.638. The van der Waals surface area contributed by atoms with E-state index in [0.29, 0.717) is 18.0 Å². The number of ether oxygens (including phenoxy) is 2. The second kappa shape index (κ2) is 7.16. The molecule has 1 unspecified atom stereocenters. The first-order valence-corrected chi connectivity index (χ1v) is 11.1. The first-order valence-electron chi connectivity index (χ1n) is 10.2. The minimum Gasteiger partial charge on any atom is -0.493 e. The molecule has 156 valence electrons. The molecule has 3 aromatic rings. The number of nitrogens with zero attached hydrogens (tertiary/aromatic N) is 3. The van der Waals surface area contributed by atoms with Crippen molar-refractivity contribution in [1.29, 1.82) is 0 Å². The molecule has 0 bridgehead atoms. The van der Waals surface area contributed by atoms with E-state index < -0.39 is 0 Å². The topological polar surface area (TPSA) is 56.6 Å². The summed E-state index contributed by atoms with van der Waals surface area (Å²) in [5.41, 5.74) is 6.31. The number of amides is 1. The molecule has 3 heterocycles. The molecule has 7 heteroatoms. The molecule has 1 atom stereocenters. The molecule has 2 aliphatic rings. The van der Waals surface area contributed by atoms with Crippen molar-refractivity contribution in [3.8, 4) is 22.8 Å². The van der Waals surface area contributed by atoms with Crippen LogP contribution < -0.4 is 9.47 Å². The van der Waals surface area contributed by atoms with E-state index in [1.165, 1.54) is 16.0 Å². The second-order valence-electron chi connectivity index (χ2n) is 7.89. The molecule has 0 fully saturated rings. The Kier molecular flexibility index (Phi) is 4.58. The number of aromatic nitrogens is 2. The lowest BCUT2D eigenvalue weighted by Crippen LogP contribution is -2.39. The van der Waals surface area contributed by atoms with Gasteiger partial charge in [-0.25, -0.2) is 0 Å². The molecule has 1 aromatic carbocycles. The van der Waals surface area contributed by atoms with Gasteiger partial charge in [0.2, 0.25) is 0 Å². The number of benzene rings is 1. The molecule has 0 saturated carbocycles. The molecular weight excluding hydrogens is 398 g/mol. The summed E-state index contributed by atoms with van der Waals surface area (Å²) in [4.78, 5) is 17.0. The van der Waals surface area contributed by atoms with Gasteiger partial charge in [0.25, 0.3) is 5.91 Å². The van der Waals surface area contributed by atoms with Crippen molar-refractivity contribution < 1.29 is 14.3 Å². The molecule has 1 aliphatic heterocycles. The van der Waals surface area contributed by atoms with Crippen LogP contribution in [-0.2, 0) is 26.3 Å². The van der Waals surface area contributed by atoms with Crippen LogP contribution in [0.15, 0.2) is 23.6 Å². The van der Waals surface area contributed by atoms with E-state index in [2.05, 4.69) is 23.5 Å². The molecule has 1 aliphatic carbocycles. The fourth-order valence-corrected chi connectivity index (χ4v) is 5.74. The third-order valence-electron chi connectivity index (χ3n) is 6.40. The van der Waals surface area contributed by atoms with Gasteiger partial charge in [-0.3, -0.25) is 9.48 Å². The van der Waals surface area contributed by atoms with Crippen LogP contribution in [0.25, 0.3) is 11.3 Å². The summed E-state index contributed by atoms with van der Waals surface area (Å²) in [7, 11) is 5.23. The maximum atomic E-state index is 13.6. The summed E-state index contributed by atoms with van der Waals surface area (Å²) >= 11 is 1.78. The number of fused-ring (bicyclic) bond motifs is 4. The van der Waals surface area contributed by atoms with Crippen molar-refractivity contribution in [2.45, 2.75) is 32.2 Å². The fourth-order valence-electron chi connectivity index (χ4n) is 4.86. The number of hydrogen-bond acceptors (Lipinski definition) is 5. The largest absolute Gasteiger partial charge is 0.493 e. The van der Waals surface area contributed by atoms with E-state index in [-0.39, 0.29) is 11.9 Å². The van der Waals surface area contributed by atoms with Gasteiger partial charge in [-0.15, -0.1) is 11.3 Å². The Morgan fingerprint density at radius 1 is 1.17 bits per heavy atom. The smallest absolute Gasteiger partial charge is 0.275 e. The minimum atomic E-state index is -0.0565. The first kappa shape index (κ1) is 19.2. The van der Waals surface area contributed by atoms with Crippen LogP contribution >= 0.6 is 11.3 Å². The highest BCUT2D eigenvalue weighted by molar-refractivity contribution is 7.10. The lowest BCUT2D eigenvalue weighted by molar-refractivity contribution is 0.0669. The monoisotopic (exact) mass is 423 g/mol. The SMILES string of the molecule is COc1cc2c(cc1OC)C(C)N(C(=O)c1nn(C)c3c1CCc1sccc1-3)CC2. The van der Waals surface area contributed by atoms with Gasteiger partial charge in [-0.05, 0) is 60.9 Å². The predicted molar refractivity (Wildman–Crippen MR) is 117 cm³/mol. The number of carbonyl (C=O) groups excluding carboxylic acids is 1. The van der Waals surface area contributed by atoms with E-state index in [1.807, 2.05) is 28.8 Å². The first-order chi connectivity index (χ1) is 14.5. The number of methoxy groups -OCH3 is 2. The molecule has 6 nitrogen and oxygen atoms in total. The zero-order valence-corrected chi connectivity index (χ0v) is 18.5. The van der Waals surface area contributed by atoms with Crippen molar-refractivity contribution in [3.05, 3.63) is 50.8 Å². The third-order valence-corrected chi connectivity index (χ3v) is 7.38. The van der Waals surface area contributed by atoms with E-state index in [9.17, 15) is 4.79 Å². The predicted octanol–water partition coefficient (Wildman–Crippen LogP) is 4.02. The van der Waals surface area contributed by atoms with Crippen molar-refractivity contribution in [1.82, 2.24) is 14.7 Å². The Hall–Kier alpha value is -2.80. The van der Waals surface area contributed by atoms with Crippen molar-refractivity contribution >= 4 is 17.2 Å². The van der Waals surface area contributed by atoms with Crippen LogP contribution in [0.1, 0.15) is 45.0 Å². The molecular formula is C23H25N3O3S. The van der Waals surface area contributed by atoms with Gasteiger partial charge < -0.3 is 14.4 Å². The van der Waals surface area contributed by atoms with E-state index in [1.54, 1.807) is 25.6 Å². The molecule has 1 amide bonds. The molecule has 2 aromatic heterocycles.